The van der Waals surface area contributed by atoms with Crippen LogP contribution in [-0.4, -0.2) is 13.0 Å². The second-order valence-corrected chi connectivity index (χ2v) is 4.45. The van der Waals surface area contributed by atoms with Gasteiger partial charge in [-0.2, -0.15) is 0 Å². The van der Waals surface area contributed by atoms with Crippen LogP contribution in [-0.2, 0) is 11.3 Å². The lowest BCUT2D eigenvalue weighted by atomic mass is 10.2. The highest BCUT2D eigenvalue weighted by Gasteiger charge is 1.98. The van der Waals surface area contributed by atoms with Crippen LogP contribution < -0.4 is 10.1 Å². The van der Waals surface area contributed by atoms with Gasteiger partial charge in [-0.3, -0.25) is 4.79 Å². The highest BCUT2D eigenvalue weighted by atomic mass is 19.1. The molecule has 2 rings (SSSR count). The molecule has 0 bridgehead atoms. The van der Waals surface area contributed by atoms with Crippen LogP contribution >= 0.6 is 0 Å². The molecule has 0 spiro atoms. The fraction of sp³-hybridized carbons (Fsp3) is 0.118. The molecule has 0 atom stereocenters. The Morgan fingerprint density at radius 2 is 2.00 bits per heavy atom. The van der Waals surface area contributed by atoms with E-state index in [0.717, 1.165) is 11.3 Å². The van der Waals surface area contributed by atoms with Gasteiger partial charge in [0, 0.05) is 12.6 Å². The van der Waals surface area contributed by atoms with Gasteiger partial charge < -0.3 is 10.1 Å². The minimum atomic E-state index is -0.323. The summed E-state index contributed by atoms with van der Waals surface area (Å²) in [6, 6.07) is 13.5. The number of hydrogen-bond acceptors (Lipinski definition) is 2. The van der Waals surface area contributed by atoms with Crippen LogP contribution in [0.3, 0.4) is 0 Å². The van der Waals surface area contributed by atoms with E-state index in [2.05, 4.69) is 5.32 Å². The molecule has 0 saturated heterocycles. The Kier molecular flexibility index (Phi) is 5.10. The average Bonchev–Trinajstić information content (AvgIpc) is 2.51. The predicted octanol–water partition coefficient (Wildman–Crippen LogP) is 3.16. The van der Waals surface area contributed by atoms with Crippen LogP contribution in [0.5, 0.6) is 5.75 Å². The van der Waals surface area contributed by atoms with E-state index < -0.39 is 0 Å². The van der Waals surface area contributed by atoms with Crippen molar-refractivity contribution in [1.29, 1.82) is 0 Å². The fourth-order valence-corrected chi connectivity index (χ4v) is 1.77. The molecule has 2 aromatic rings. The Hall–Kier alpha value is -2.62. The second-order valence-electron chi connectivity index (χ2n) is 4.45. The maximum atomic E-state index is 13.0. The van der Waals surface area contributed by atoms with Gasteiger partial charge in [-0.15, -0.1) is 0 Å². The molecule has 2 aromatic carbocycles. The van der Waals surface area contributed by atoms with Crippen molar-refractivity contribution < 1.29 is 13.9 Å². The molecule has 3 nitrogen and oxygen atoms in total. The van der Waals surface area contributed by atoms with Crippen LogP contribution in [0.2, 0.25) is 0 Å². The zero-order chi connectivity index (χ0) is 15.1. The minimum absolute atomic E-state index is 0.227. The van der Waals surface area contributed by atoms with Crippen LogP contribution in [0.1, 0.15) is 11.1 Å². The standard InChI is InChI=1S/C17H16FNO2/c1-21-16-8-5-14(6-9-16)12-19-17(20)10-7-13-3-2-4-15(18)11-13/h2-11H,12H2,1H3,(H,19,20). The first-order chi connectivity index (χ1) is 10.2. The van der Waals surface area contributed by atoms with Gasteiger partial charge in [0.25, 0.3) is 0 Å². The molecule has 0 saturated carbocycles. The van der Waals surface area contributed by atoms with Crippen molar-refractivity contribution in [2.75, 3.05) is 7.11 Å². The number of rotatable bonds is 5. The number of hydrogen-bond donors (Lipinski definition) is 1. The van der Waals surface area contributed by atoms with Crippen molar-refractivity contribution in [3.8, 4) is 5.75 Å². The first-order valence-corrected chi connectivity index (χ1v) is 6.52. The molecule has 0 heterocycles. The van der Waals surface area contributed by atoms with Crippen LogP contribution in [0.15, 0.2) is 54.6 Å². The third kappa shape index (κ3) is 4.76. The number of benzene rings is 2. The van der Waals surface area contributed by atoms with E-state index in [1.807, 2.05) is 24.3 Å². The van der Waals surface area contributed by atoms with Crippen molar-refractivity contribution in [3.05, 3.63) is 71.6 Å². The van der Waals surface area contributed by atoms with Gasteiger partial charge in [0.2, 0.25) is 5.91 Å². The first kappa shape index (κ1) is 14.8. The molecular formula is C17H16FNO2. The van der Waals surface area contributed by atoms with Gasteiger partial charge in [0.1, 0.15) is 11.6 Å². The number of ether oxygens (including phenoxy) is 1. The number of halogens is 1. The molecular weight excluding hydrogens is 269 g/mol. The zero-order valence-corrected chi connectivity index (χ0v) is 11.7. The van der Waals surface area contributed by atoms with E-state index >= 15 is 0 Å². The van der Waals surface area contributed by atoms with E-state index in [9.17, 15) is 9.18 Å². The molecule has 0 aromatic heterocycles. The fourth-order valence-electron chi connectivity index (χ4n) is 1.77. The van der Waals surface area contributed by atoms with Gasteiger partial charge in [-0.25, -0.2) is 4.39 Å². The summed E-state index contributed by atoms with van der Waals surface area (Å²) in [6.07, 6.45) is 2.96. The number of amides is 1. The molecule has 21 heavy (non-hydrogen) atoms. The maximum absolute atomic E-state index is 13.0. The Morgan fingerprint density at radius 3 is 2.67 bits per heavy atom. The van der Waals surface area contributed by atoms with Gasteiger partial charge in [-0.05, 0) is 41.5 Å². The smallest absolute Gasteiger partial charge is 0.244 e. The lowest BCUT2D eigenvalue weighted by molar-refractivity contribution is -0.116. The molecule has 0 fully saturated rings. The maximum Gasteiger partial charge on any atom is 0.244 e. The Bertz CT molecular complexity index is 635. The first-order valence-electron chi connectivity index (χ1n) is 6.52. The molecule has 0 aliphatic heterocycles. The summed E-state index contributed by atoms with van der Waals surface area (Å²) in [5.74, 6) is 0.224. The van der Waals surface area contributed by atoms with Crippen molar-refractivity contribution in [2.45, 2.75) is 6.54 Å². The lowest BCUT2D eigenvalue weighted by Crippen LogP contribution is -2.20. The summed E-state index contributed by atoms with van der Waals surface area (Å²) in [5, 5.41) is 2.76. The Balaban J connectivity index is 1.86. The molecule has 4 heteroatoms. The van der Waals surface area contributed by atoms with Crippen molar-refractivity contribution in [2.24, 2.45) is 0 Å². The van der Waals surface area contributed by atoms with Crippen LogP contribution in [0.25, 0.3) is 6.08 Å². The van der Waals surface area contributed by atoms with Gasteiger partial charge in [0.15, 0.2) is 0 Å². The lowest BCUT2D eigenvalue weighted by Gasteiger charge is -2.04. The number of carbonyl (C=O) groups excluding carboxylic acids is 1. The minimum Gasteiger partial charge on any atom is -0.497 e. The molecule has 0 aliphatic rings. The third-order valence-electron chi connectivity index (χ3n) is 2.90. The second kappa shape index (κ2) is 7.24. The van der Waals surface area contributed by atoms with Crippen LogP contribution in [0, 0.1) is 5.82 Å². The van der Waals surface area contributed by atoms with Crippen molar-refractivity contribution >= 4 is 12.0 Å². The highest BCUT2D eigenvalue weighted by molar-refractivity contribution is 5.91. The zero-order valence-electron chi connectivity index (χ0n) is 11.7. The molecule has 1 N–H and O–H groups in total. The SMILES string of the molecule is COc1ccc(CNC(=O)C=Cc2cccc(F)c2)cc1. The summed E-state index contributed by atoms with van der Waals surface area (Å²) < 4.78 is 18.0. The quantitative estimate of drug-likeness (QED) is 0.857. The van der Waals surface area contributed by atoms with E-state index in [1.165, 1.54) is 18.2 Å². The number of nitrogens with one attached hydrogen (secondary N) is 1. The topological polar surface area (TPSA) is 38.3 Å². The normalized spacial score (nSPS) is 10.6. The molecule has 1 amide bonds. The summed E-state index contributed by atoms with van der Waals surface area (Å²) in [6.45, 7) is 0.427. The van der Waals surface area contributed by atoms with E-state index in [0.29, 0.717) is 12.1 Å². The van der Waals surface area contributed by atoms with Crippen molar-refractivity contribution in [1.82, 2.24) is 5.32 Å². The average molecular weight is 285 g/mol. The van der Waals surface area contributed by atoms with E-state index in [-0.39, 0.29) is 11.7 Å². The summed E-state index contributed by atoms with van der Waals surface area (Å²) in [5.41, 5.74) is 1.62. The molecule has 108 valence electrons. The van der Waals surface area contributed by atoms with Crippen LogP contribution in [0.4, 0.5) is 4.39 Å². The summed E-state index contributed by atoms with van der Waals surface area (Å²) in [7, 11) is 1.61. The van der Waals surface area contributed by atoms with Gasteiger partial charge >= 0.3 is 0 Å². The predicted molar refractivity (Wildman–Crippen MR) is 80.3 cm³/mol. The molecule has 0 unspecified atom stereocenters. The monoisotopic (exact) mass is 285 g/mol. The summed E-state index contributed by atoms with van der Waals surface area (Å²) in [4.78, 5) is 11.7. The van der Waals surface area contributed by atoms with Gasteiger partial charge in [0.05, 0.1) is 7.11 Å². The molecule has 0 aliphatic carbocycles. The van der Waals surface area contributed by atoms with Gasteiger partial charge in [-0.1, -0.05) is 24.3 Å². The molecule has 0 radical (unpaired) electrons. The Morgan fingerprint density at radius 1 is 1.24 bits per heavy atom. The largest absolute Gasteiger partial charge is 0.497 e. The van der Waals surface area contributed by atoms with E-state index in [1.54, 1.807) is 25.3 Å². The number of methoxy groups -OCH3 is 1. The van der Waals surface area contributed by atoms with Crippen molar-refractivity contribution in [3.63, 3.8) is 0 Å². The highest BCUT2D eigenvalue weighted by Crippen LogP contribution is 2.11. The number of carbonyl (C=O) groups is 1. The Labute approximate surface area is 123 Å². The summed E-state index contributed by atoms with van der Waals surface area (Å²) >= 11 is 0. The van der Waals surface area contributed by atoms with E-state index in [4.69, 9.17) is 4.74 Å². The third-order valence-corrected chi connectivity index (χ3v) is 2.90.